The molecule has 3 aliphatic rings. The molecule has 0 radical (unpaired) electrons. The maximum Gasteiger partial charge on any atom is 0.455 e. The van der Waals surface area contributed by atoms with E-state index in [0.29, 0.717) is 25.9 Å². The minimum atomic E-state index is -0.908. The second-order valence-corrected chi connectivity index (χ2v) is 8.64. The van der Waals surface area contributed by atoms with Gasteiger partial charge in [-0.3, -0.25) is 14.5 Å². The van der Waals surface area contributed by atoms with Gasteiger partial charge >= 0.3 is 7.12 Å². The number of carbonyl (C=O) groups excluding carboxylic acids is 2. The van der Waals surface area contributed by atoms with Crippen LogP contribution in [0.25, 0.3) is 0 Å². The summed E-state index contributed by atoms with van der Waals surface area (Å²) >= 11 is 0. The Kier molecular flexibility index (Phi) is 6.41. The molecule has 6 nitrogen and oxygen atoms in total. The molecule has 2 fully saturated rings. The van der Waals surface area contributed by atoms with Crippen LogP contribution in [0.5, 0.6) is 0 Å². The third kappa shape index (κ3) is 3.86. The zero-order valence-corrected chi connectivity index (χ0v) is 17.8. The number of imide groups is 1. The lowest BCUT2D eigenvalue weighted by atomic mass is 9.58. The summed E-state index contributed by atoms with van der Waals surface area (Å²) in [5.41, 5.74) is 3.11. The van der Waals surface area contributed by atoms with Gasteiger partial charge in [-0.05, 0) is 41.8 Å². The molecule has 1 aliphatic carbocycles. The van der Waals surface area contributed by atoms with Crippen LogP contribution in [0, 0.1) is 17.8 Å². The fraction of sp³-hybridized carbons (Fsp3) is 0.565. The fourth-order valence-corrected chi connectivity index (χ4v) is 5.45. The van der Waals surface area contributed by atoms with Gasteiger partial charge in [0, 0.05) is 7.11 Å². The van der Waals surface area contributed by atoms with Crippen LogP contribution in [0.4, 0.5) is 0 Å². The number of hydrogen-bond acceptors (Lipinski definition) is 5. The summed E-state index contributed by atoms with van der Waals surface area (Å²) in [6.07, 6.45) is 3.49. The van der Waals surface area contributed by atoms with Crippen molar-refractivity contribution < 1.29 is 24.0 Å². The van der Waals surface area contributed by atoms with Crippen LogP contribution in [0.3, 0.4) is 0 Å². The molecule has 4 atom stereocenters. The Morgan fingerprint density at radius 2 is 1.97 bits per heavy atom. The van der Waals surface area contributed by atoms with Gasteiger partial charge < -0.3 is 14.4 Å². The van der Waals surface area contributed by atoms with Gasteiger partial charge in [0.1, 0.15) is 0 Å². The van der Waals surface area contributed by atoms with Crippen molar-refractivity contribution in [3.05, 3.63) is 47.0 Å². The Hall–Kier alpha value is -1.96. The van der Waals surface area contributed by atoms with Crippen LogP contribution < -0.4 is 0 Å². The van der Waals surface area contributed by atoms with E-state index in [4.69, 9.17) is 9.39 Å². The Morgan fingerprint density at radius 1 is 1.20 bits per heavy atom. The fourth-order valence-electron chi connectivity index (χ4n) is 5.45. The summed E-state index contributed by atoms with van der Waals surface area (Å²) in [4.78, 5) is 28.1. The van der Waals surface area contributed by atoms with E-state index >= 15 is 0 Å². The molecular formula is C23H30BNO5. The zero-order valence-electron chi connectivity index (χ0n) is 17.8. The zero-order chi connectivity index (χ0) is 21.3. The lowest BCUT2D eigenvalue weighted by molar-refractivity contribution is -0.140. The van der Waals surface area contributed by atoms with Gasteiger partial charge in [0.15, 0.2) is 0 Å². The third-order valence-electron chi connectivity index (χ3n) is 6.72. The van der Waals surface area contributed by atoms with Gasteiger partial charge in [-0.1, -0.05) is 50.1 Å². The number of rotatable bonds is 7. The smallest absolute Gasteiger partial charge is 0.427 e. The lowest BCUT2D eigenvalue weighted by Crippen LogP contribution is -2.46. The molecule has 4 rings (SSSR count). The van der Waals surface area contributed by atoms with Gasteiger partial charge in [0.05, 0.1) is 31.1 Å². The SMILES string of the molecule is CCCC[C@H]1OB(O)C[C@H]2C1=C(COC)C[C@H]1C(=O)N(Cc3ccccc3)C(=O)[C@H]12. The summed E-state index contributed by atoms with van der Waals surface area (Å²) in [6, 6.07) is 9.61. The topological polar surface area (TPSA) is 76.1 Å². The van der Waals surface area contributed by atoms with Crippen LogP contribution in [-0.2, 0) is 25.5 Å². The molecular weight excluding hydrogens is 381 g/mol. The number of fused-ring (bicyclic) bond motifs is 3. The summed E-state index contributed by atoms with van der Waals surface area (Å²) < 4.78 is 11.4. The highest BCUT2D eigenvalue weighted by molar-refractivity contribution is 6.43. The van der Waals surface area contributed by atoms with Crippen LogP contribution in [0.1, 0.15) is 38.2 Å². The average molecular weight is 411 g/mol. The van der Waals surface area contributed by atoms with E-state index in [2.05, 4.69) is 6.92 Å². The van der Waals surface area contributed by atoms with Gasteiger partial charge in [-0.2, -0.15) is 0 Å². The highest BCUT2D eigenvalue weighted by Crippen LogP contribution is 2.50. The molecule has 0 spiro atoms. The molecule has 1 N–H and O–H groups in total. The number of ether oxygens (including phenoxy) is 1. The molecule has 2 aliphatic heterocycles. The van der Waals surface area contributed by atoms with E-state index in [0.717, 1.165) is 36.0 Å². The molecule has 1 aromatic carbocycles. The number of hydrogen-bond donors (Lipinski definition) is 1. The standard InChI is InChI=1S/C23H30BNO5/c1-3-4-10-19-20-16(14-29-2)11-17-21(18(20)12-24(28)30-19)23(27)25(22(17)26)13-15-8-6-5-7-9-15/h5-9,17-19,21,28H,3-4,10-14H2,1-2H3/t17-,18+,19-,21-/m1/s1. The monoisotopic (exact) mass is 411 g/mol. The minimum Gasteiger partial charge on any atom is -0.427 e. The summed E-state index contributed by atoms with van der Waals surface area (Å²) in [5, 5.41) is 10.4. The number of amides is 2. The highest BCUT2D eigenvalue weighted by Gasteiger charge is 2.57. The van der Waals surface area contributed by atoms with Crippen LogP contribution >= 0.6 is 0 Å². The van der Waals surface area contributed by atoms with E-state index in [1.165, 1.54) is 4.90 Å². The van der Waals surface area contributed by atoms with E-state index in [1.54, 1.807) is 7.11 Å². The normalized spacial score (nSPS) is 28.8. The van der Waals surface area contributed by atoms with Crippen molar-refractivity contribution in [2.24, 2.45) is 17.8 Å². The first-order valence-electron chi connectivity index (χ1n) is 11.0. The maximum absolute atomic E-state index is 13.4. The molecule has 7 heteroatoms. The summed E-state index contributed by atoms with van der Waals surface area (Å²) in [5.74, 6) is -1.18. The molecule has 2 heterocycles. The number of likely N-dealkylation sites (tertiary alicyclic amines) is 1. The van der Waals surface area contributed by atoms with Crippen molar-refractivity contribution in [3.8, 4) is 0 Å². The number of benzene rings is 1. The van der Waals surface area contributed by atoms with Crippen molar-refractivity contribution in [3.63, 3.8) is 0 Å². The first-order chi connectivity index (χ1) is 14.5. The Morgan fingerprint density at radius 3 is 2.67 bits per heavy atom. The van der Waals surface area contributed by atoms with Crippen molar-refractivity contribution in [2.75, 3.05) is 13.7 Å². The average Bonchev–Trinajstić information content (AvgIpc) is 2.97. The number of nitrogens with zero attached hydrogens (tertiary/aromatic N) is 1. The quantitative estimate of drug-likeness (QED) is 0.424. The van der Waals surface area contributed by atoms with Gasteiger partial charge in [-0.25, -0.2) is 0 Å². The summed E-state index contributed by atoms with van der Waals surface area (Å²) in [7, 11) is 0.742. The second-order valence-electron chi connectivity index (χ2n) is 8.64. The Bertz CT molecular complexity index is 826. The van der Waals surface area contributed by atoms with Crippen LogP contribution in [0.15, 0.2) is 41.5 Å². The van der Waals surface area contributed by atoms with Gasteiger partial charge in [0.25, 0.3) is 0 Å². The Balaban J connectivity index is 1.66. The van der Waals surface area contributed by atoms with E-state index in [-0.39, 0.29) is 29.8 Å². The predicted molar refractivity (Wildman–Crippen MR) is 113 cm³/mol. The molecule has 2 amide bonds. The van der Waals surface area contributed by atoms with Crippen LogP contribution in [0.2, 0.25) is 6.32 Å². The lowest BCUT2D eigenvalue weighted by Gasteiger charge is -2.43. The molecule has 0 bridgehead atoms. The first-order valence-corrected chi connectivity index (χ1v) is 11.0. The number of unbranched alkanes of at least 4 members (excludes halogenated alkanes) is 1. The molecule has 30 heavy (non-hydrogen) atoms. The minimum absolute atomic E-state index is 0.104. The third-order valence-corrected chi connectivity index (χ3v) is 6.72. The maximum atomic E-state index is 13.4. The molecule has 160 valence electrons. The summed E-state index contributed by atoms with van der Waals surface area (Å²) in [6.45, 7) is 2.85. The van der Waals surface area contributed by atoms with Crippen molar-refractivity contribution in [1.82, 2.24) is 4.90 Å². The van der Waals surface area contributed by atoms with E-state index < -0.39 is 13.0 Å². The Labute approximate surface area is 178 Å². The number of methoxy groups -OCH3 is 1. The molecule has 0 unspecified atom stereocenters. The van der Waals surface area contributed by atoms with Crippen molar-refractivity contribution >= 4 is 18.9 Å². The molecule has 2 saturated heterocycles. The van der Waals surface area contributed by atoms with Gasteiger partial charge in [-0.15, -0.1) is 0 Å². The first kappa shape index (κ1) is 21.3. The largest absolute Gasteiger partial charge is 0.455 e. The highest BCUT2D eigenvalue weighted by atomic mass is 16.5. The number of carbonyl (C=O) groups is 2. The van der Waals surface area contributed by atoms with E-state index in [1.807, 2.05) is 30.3 Å². The van der Waals surface area contributed by atoms with Crippen LogP contribution in [-0.4, -0.2) is 48.7 Å². The van der Waals surface area contributed by atoms with Crippen molar-refractivity contribution in [1.29, 1.82) is 0 Å². The predicted octanol–water partition coefficient (Wildman–Crippen LogP) is 2.82. The molecule has 1 aromatic rings. The second kappa shape index (κ2) is 9.04. The van der Waals surface area contributed by atoms with Crippen molar-refractivity contribution in [2.45, 2.75) is 51.6 Å². The van der Waals surface area contributed by atoms with E-state index in [9.17, 15) is 14.6 Å². The molecule has 0 saturated carbocycles. The molecule has 0 aromatic heterocycles. The van der Waals surface area contributed by atoms with Gasteiger partial charge in [0.2, 0.25) is 11.8 Å².